The Bertz CT molecular complexity index is 556. The molecule has 1 rings (SSSR count). The molecule has 0 atom stereocenters. The highest BCUT2D eigenvalue weighted by Gasteiger charge is 2.13. The average Bonchev–Trinajstić information content (AvgIpc) is 2.54. The van der Waals surface area contributed by atoms with Crippen LogP contribution in [0.25, 0.3) is 0 Å². The number of nitrogens with one attached hydrogen (secondary N) is 1. The first-order valence-electron chi connectivity index (χ1n) is 8.38. The summed E-state index contributed by atoms with van der Waals surface area (Å²) in [6.45, 7) is 3.16. The molecule has 5 nitrogen and oxygen atoms in total. The molecule has 1 aromatic carbocycles. The lowest BCUT2D eigenvalue weighted by Crippen LogP contribution is -2.35. The van der Waals surface area contributed by atoms with Crippen molar-refractivity contribution in [3.05, 3.63) is 30.3 Å². The fourth-order valence-corrected chi connectivity index (χ4v) is 3.38. The molecule has 0 radical (unpaired) electrons. The SMILES string of the molecule is CCCCCCCCN=C(N)NCCS(=O)(=O)c1ccccc1. The number of hydrogen-bond donors (Lipinski definition) is 2. The van der Waals surface area contributed by atoms with Gasteiger partial charge in [0.2, 0.25) is 0 Å². The molecule has 0 fully saturated rings. The zero-order valence-electron chi connectivity index (χ0n) is 14.0. The van der Waals surface area contributed by atoms with Gasteiger partial charge in [0, 0.05) is 13.1 Å². The molecule has 1 aromatic rings. The van der Waals surface area contributed by atoms with E-state index < -0.39 is 9.84 Å². The fraction of sp³-hybridized carbons (Fsp3) is 0.588. The first kappa shape index (κ1) is 19.5. The first-order chi connectivity index (χ1) is 11.1. The molecule has 0 heterocycles. The van der Waals surface area contributed by atoms with Gasteiger partial charge in [0.15, 0.2) is 15.8 Å². The van der Waals surface area contributed by atoms with Crippen LogP contribution in [-0.2, 0) is 9.84 Å². The number of rotatable bonds is 11. The second-order valence-electron chi connectivity index (χ2n) is 5.59. The van der Waals surface area contributed by atoms with Gasteiger partial charge < -0.3 is 11.1 Å². The van der Waals surface area contributed by atoms with Crippen molar-refractivity contribution in [3.8, 4) is 0 Å². The quantitative estimate of drug-likeness (QED) is 0.369. The number of aliphatic imine (C=N–C) groups is 1. The molecule has 130 valence electrons. The molecule has 0 aliphatic carbocycles. The second-order valence-corrected chi connectivity index (χ2v) is 7.70. The third-order valence-electron chi connectivity index (χ3n) is 3.57. The normalized spacial score (nSPS) is 12.3. The van der Waals surface area contributed by atoms with Crippen LogP contribution in [0.3, 0.4) is 0 Å². The lowest BCUT2D eigenvalue weighted by atomic mass is 10.1. The van der Waals surface area contributed by atoms with Crippen LogP contribution in [0.15, 0.2) is 40.2 Å². The predicted octanol–water partition coefficient (Wildman–Crippen LogP) is 2.73. The smallest absolute Gasteiger partial charge is 0.188 e. The van der Waals surface area contributed by atoms with E-state index >= 15 is 0 Å². The zero-order chi connectivity index (χ0) is 17.0. The van der Waals surface area contributed by atoms with Crippen molar-refractivity contribution in [2.75, 3.05) is 18.8 Å². The lowest BCUT2D eigenvalue weighted by molar-refractivity contribution is 0.594. The summed E-state index contributed by atoms with van der Waals surface area (Å²) in [5, 5.41) is 2.87. The van der Waals surface area contributed by atoms with Crippen molar-refractivity contribution in [1.82, 2.24) is 5.32 Å². The van der Waals surface area contributed by atoms with Gasteiger partial charge in [0.1, 0.15) is 0 Å². The molecule has 0 aliphatic rings. The predicted molar refractivity (Wildman–Crippen MR) is 96.4 cm³/mol. The van der Waals surface area contributed by atoms with Crippen LogP contribution in [-0.4, -0.2) is 33.2 Å². The van der Waals surface area contributed by atoms with Crippen LogP contribution in [0.1, 0.15) is 45.4 Å². The standard InChI is InChI=1S/C17H29N3O2S/c1-2-3-4-5-6-10-13-19-17(18)20-14-15-23(21,22)16-11-8-7-9-12-16/h7-9,11-12H,2-6,10,13-15H2,1H3,(H3,18,19,20). The van der Waals surface area contributed by atoms with Crippen LogP contribution in [0.2, 0.25) is 0 Å². The van der Waals surface area contributed by atoms with Gasteiger partial charge in [-0.3, -0.25) is 4.99 Å². The fourth-order valence-electron chi connectivity index (χ4n) is 2.21. The summed E-state index contributed by atoms with van der Waals surface area (Å²) in [7, 11) is -3.27. The maximum atomic E-state index is 12.1. The number of guanidine groups is 1. The molecule has 0 saturated heterocycles. The monoisotopic (exact) mass is 339 g/mol. The molecule has 0 bridgehead atoms. The average molecular weight is 340 g/mol. The van der Waals surface area contributed by atoms with Crippen molar-refractivity contribution in [2.45, 2.75) is 50.3 Å². The summed E-state index contributed by atoms with van der Waals surface area (Å²) in [6, 6.07) is 8.44. The number of nitrogens with two attached hydrogens (primary N) is 1. The highest BCUT2D eigenvalue weighted by molar-refractivity contribution is 7.91. The number of sulfone groups is 1. The van der Waals surface area contributed by atoms with E-state index in [1.165, 1.54) is 32.1 Å². The summed E-state index contributed by atoms with van der Waals surface area (Å²) >= 11 is 0. The minimum absolute atomic E-state index is 0.00422. The van der Waals surface area contributed by atoms with E-state index in [1.807, 2.05) is 0 Å². The molecule has 23 heavy (non-hydrogen) atoms. The van der Waals surface area contributed by atoms with Crippen molar-refractivity contribution < 1.29 is 8.42 Å². The third kappa shape index (κ3) is 8.59. The van der Waals surface area contributed by atoms with Crippen LogP contribution >= 0.6 is 0 Å². The Morgan fingerprint density at radius 2 is 1.74 bits per heavy atom. The van der Waals surface area contributed by atoms with Crippen LogP contribution in [0, 0.1) is 0 Å². The van der Waals surface area contributed by atoms with E-state index in [9.17, 15) is 8.42 Å². The largest absolute Gasteiger partial charge is 0.370 e. The van der Waals surface area contributed by atoms with E-state index in [0.717, 1.165) is 6.42 Å². The Morgan fingerprint density at radius 1 is 1.09 bits per heavy atom. The Morgan fingerprint density at radius 3 is 2.43 bits per heavy atom. The minimum Gasteiger partial charge on any atom is -0.370 e. The van der Waals surface area contributed by atoms with Crippen molar-refractivity contribution in [3.63, 3.8) is 0 Å². The molecule has 3 N–H and O–H groups in total. The van der Waals surface area contributed by atoms with Gasteiger partial charge in [-0.05, 0) is 18.6 Å². The van der Waals surface area contributed by atoms with E-state index in [2.05, 4.69) is 17.2 Å². The summed E-state index contributed by atoms with van der Waals surface area (Å²) < 4.78 is 24.2. The van der Waals surface area contributed by atoms with Crippen LogP contribution in [0.4, 0.5) is 0 Å². The minimum atomic E-state index is -3.27. The van der Waals surface area contributed by atoms with Crippen LogP contribution in [0.5, 0.6) is 0 Å². The molecule has 0 aromatic heterocycles. The maximum absolute atomic E-state index is 12.1. The summed E-state index contributed by atoms with van der Waals surface area (Å²) in [6.07, 6.45) is 7.26. The van der Waals surface area contributed by atoms with Gasteiger partial charge in [-0.15, -0.1) is 0 Å². The molecule has 0 unspecified atom stereocenters. The Hall–Kier alpha value is -1.56. The summed E-state index contributed by atoms with van der Waals surface area (Å²) in [5.41, 5.74) is 5.75. The first-order valence-corrected chi connectivity index (χ1v) is 10.0. The van der Waals surface area contributed by atoms with Crippen molar-refractivity contribution in [1.29, 1.82) is 0 Å². The second kappa shape index (κ2) is 11.0. The van der Waals surface area contributed by atoms with E-state index in [1.54, 1.807) is 30.3 Å². The lowest BCUT2D eigenvalue weighted by Gasteiger charge is -2.07. The van der Waals surface area contributed by atoms with E-state index in [-0.39, 0.29) is 12.3 Å². The Labute approximate surface area is 140 Å². The van der Waals surface area contributed by atoms with Crippen molar-refractivity contribution in [2.24, 2.45) is 10.7 Å². The van der Waals surface area contributed by atoms with Gasteiger partial charge in [-0.2, -0.15) is 0 Å². The Balaban J connectivity index is 2.20. The van der Waals surface area contributed by atoms with Gasteiger partial charge in [-0.1, -0.05) is 57.2 Å². The molecule has 0 aliphatic heterocycles. The number of benzene rings is 1. The van der Waals surface area contributed by atoms with Crippen molar-refractivity contribution >= 4 is 15.8 Å². The number of hydrogen-bond acceptors (Lipinski definition) is 3. The summed E-state index contributed by atoms with van der Waals surface area (Å²) in [4.78, 5) is 4.56. The van der Waals surface area contributed by atoms with Gasteiger partial charge in [0.05, 0.1) is 10.6 Å². The van der Waals surface area contributed by atoms with E-state index in [4.69, 9.17) is 5.73 Å². The van der Waals surface area contributed by atoms with Crippen LogP contribution < -0.4 is 11.1 Å². The molecular formula is C17H29N3O2S. The molecule has 0 spiro atoms. The molecule has 6 heteroatoms. The highest BCUT2D eigenvalue weighted by Crippen LogP contribution is 2.09. The molecule has 0 amide bonds. The van der Waals surface area contributed by atoms with E-state index in [0.29, 0.717) is 17.4 Å². The number of nitrogens with zero attached hydrogens (tertiary/aromatic N) is 1. The third-order valence-corrected chi connectivity index (χ3v) is 5.31. The molecular weight excluding hydrogens is 310 g/mol. The summed E-state index contributed by atoms with van der Waals surface area (Å²) in [5.74, 6) is 0.325. The Kier molecular flexibility index (Phi) is 9.36. The highest BCUT2D eigenvalue weighted by atomic mass is 32.2. The van der Waals surface area contributed by atoms with Gasteiger partial charge >= 0.3 is 0 Å². The molecule has 0 saturated carbocycles. The van der Waals surface area contributed by atoms with Gasteiger partial charge in [-0.25, -0.2) is 8.42 Å². The topological polar surface area (TPSA) is 84.5 Å². The van der Waals surface area contributed by atoms with Gasteiger partial charge in [0.25, 0.3) is 0 Å². The number of unbranched alkanes of at least 4 members (excludes halogenated alkanes) is 5. The zero-order valence-corrected chi connectivity index (χ0v) is 14.8. The maximum Gasteiger partial charge on any atom is 0.188 e.